The van der Waals surface area contributed by atoms with E-state index in [1.54, 1.807) is 0 Å². The lowest BCUT2D eigenvalue weighted by atomic mass is 10.2. The molecule has 1 aliphatic rings. The number of hydrogen-bond donors (Lipinski definition) is 1. The fourth-order valence-corrected chi connectivity index (χ4v) is 2.82. The summed E-state index contributed by atoms with van der Waals surface area (Å²) in [7, 11) is 0. The number of carbonyl (C=O) groups is 1. The number of benzene rings is 1. The van der Waals surface area contributed by atoms with E-state index >= 15 is 0 Å². The highest BCUT2D eigenvalue weighted by Gasteiger charge is 2.18. The minimum absolute atomic E-state index is 0.0955. The molecule has 2 aromatic rings. The Morgan fingerprint density at radius 1 is 1.29 bits per heavy atom. The summed E-state index contributed by atoms with van der Waals surface area (Å²) in [5.41, 5.74) is 6.77. The van der Waals surface area contributed by atoms with Crippen LogP contribution in [0.2, 0.25) is 0 Å². The Bertz CT molecular complexity index is 810. The first-order valence-corrected chi connectivity index (χ1v) is 7.86. The van der Waals surface area contributed by atoms with E-state index in [0.29, 0.717) is 43.6 Å². The molecule has 0 aliphatic carbocycles. The molecule has 7 heteroatoms. The van der Waals surface area contributed by atoms with E-state index in [9.17, 15) is 9.59 Å². The predicted molar refractivity (Wildman–Crippen MR) is 90.5 cm³/mol. The van der Waals surface area contributed by atoms with Gasteiger partial charge in [0.25, 0.3) is 5.56 Å². The Balaban J connectivity index is 2.12. The Kier molecular flexibility index (Phi) is 4.61. The maximum Gasteiger partial charge on any atom is 0.260 e. The molecule has 24 heavy (non-hydrogen) atoms. The Morgan fingerprint density at radius 3 is 2.67 bits per heavy atom. The van der Waals surface area contributed by atoms with Crippen LogP contribution in [0, 0.1) is 6.92 Å². The molecule has 3 rings (SSSR count). The molecule has 2 heterocycles. The van der Waals surface area contributed by atoms with Gasteiger partial charge in [-0.25, -0.2) is 4.98 Å². The molecule has 7 nitrogen and oxygen atoms in total. The maximum atomic E-state index is 12.8. The molecule has 1 aromatic carbocycles. The molecule has 1 fully saturated rings. The van der Waals surface area contributed by atoms with Crippen molar-refractivity contribution in [2.45, 2.75) is 13.3 Å². The first-order valence-electron chi connectivity index (χ1n) is 7.86. The van der Waals surface area contributed by atoms with Crippen molar-refractivity contribution >= 4 is 11.7 Å². The van der Waals surface area contributed by atoms with Crippen LogP contribution in [0.1, 0.15) is 11.4 Å². The average Bonchev–Trinajstić information content (AvgIpc) is 2.56. The molecule has 1 aromatic heterocycles. The highest BCUT2D eigenvalue weighted by Crippen LogP contribution is 2.17. The second-order valence-electron chi connectivity index (χ2n) is 5.73. The second kappa shape index (κ2) is 6.84. The van der Waals surface area contributed by atoms with Crippen molar-refractivity contribution in [1.82, 2.24) is 9.55 Å². The number of rotatable bonds is 4. The molecule has 1 amide bonds. The van der Waals surface area contributed by atoms with Gasteiger partial charge in [-0.15, -0.1) is 0 Å². The van der Waals surface area contributed by atoms with Gasteiger partial charge in [-0.3, -0.25) is 14.2 Å². The highest BCUT2D eigenvalue weighted by molar-refractivity contribution is 5.76. The van der Waals surface area contributed by atoms with E-state index in [0.717, 1.165) is 5.56 Å². The number of aryl methyl sites for hydroxylation is 1. The van der Waals surface area contributed by atoms with Crippen LogP contribution in [0.15, 0.2) is 35.1 Å². The van der Waals surface area contributed by atoms with E-state index in [4.69, 9.17) is 10.5 Å². The molecular formula is C17H20N4O3. The van der Waals surface area contributed by atoms with Crippen molar-refractivity contribution in [2.24, 2.45) is 5.73 Å². The first-order chi connectivity index (χ1) is 11.6. The minimum atomic E-state index is -0.525. The molecule has 126 valence electrons. The summed E-state index contributed by atoms with van der Waals surface area (Å²) in [5, 5.41) is 0. The third kappa shape index (κ3) is 3.30. The number of nitrogens with zero attached hydrogens (tertiary/aromatic N) is 3. The SMILES string of the molecule is Cc1ccccc1-n1c(CC(N)=O)nc(N2CCOCC2)cc1=O. The third-order valence-corrected chi connectivity index (χ3v) is 4.00. The summed E-state index contributed by atoms with van der Waals surface area (Å²) < 4.78 is 6.79. The molecule has 0 unspecified atom stereocenters. The monoisotopic (exact) mass is 328 g/mol. The van der Waals surface area contributed by atoms with Crippen molar-refractivity contribution < 1.29 is 9.53 Å². The van der Waals surface area contributed by atoms with Crippen LogP contribution in [-0.2, 0) is 16.0 Å². The smallest absolute Gasteiger partial charge is 0.260 e. The standard InChI is InChI=1S/C17H20N4O3/c1-12-4-2-3-5-13(12)21-16(10-14(18)22)19-15(11-17(21)23)20-6-8-24-9-7-20/h2-5,11H,6-10H2,1H3,(H2,18,22). The quantitative estimate of drug-likeness (QED) is 0.878. The van der Waals surface area contributed by atoms with Crippen LogP contribution in [0.25, 0.3) is 5.69 Å². The molecule has 1 saturated heterocycles. The first kappa shape index (κ1) is 16.2. The number of hydrogen-bond acceptors (Lipinski definition) is 5. The zero-order valence-electron chi connectivity index (χ0n) is 13.6. The Hall–Kier alpha value is -2.67. The summed E-state index contributed by atoms with van der Waals surface area (Å²) in [5.74, 6) is 0.388. The lowest BCUT2D eigenvalue weighted by Gasteiger charge is -2.28. The number of amides is 1. The molecule has 0 saturated carbocycles. The van der Waals surface area contributed by atoms with Crippen LogP contribution in [0.4, 0.5) is 5.82 Å². The molecular weight excluding hydrogens is 308 g/mol. The second-order valence-corrected chi connectivity index (χ2v) is 5.73. The number of para-hydroxylation sites is 1. The van der Waals surface area contributed by atoms with Crippen molar-refractivity contribution in [2.75, 3.05) is 31.2 Å². The van der Waals surface area contributed by atoms with Gasteiger partial charge in [0.2, 0.25) is 5.91 Å². The normalized spacial score (nSPS) is 14.6. The largest absolute Gasteiger partial charge is 0.378 e. The van der Waals surface area contributed by atoms with Gasteiger partial charge in [0, 0.05) is 19.2 Å². The summed E-state index contributed by atoms with van der Waals surface area (Å²) in [6.07, 6.45) is -0.0955. The van der Waals surface area contributed by atoms with Crippen LogP contribution in [0.5, 0.6) is 0 Å². The van der Waals surface area contributed by atoms with Gasteiger partial charge in [-0.05, 0) is 18.6 Å². The van der Waals surface area contributed by atoms with E-state index < -0.39 is 5.91 Å². The van der Waals surface area contributed by atoms with E-state index in [-0.39, 0.29) is 12.0 Å². The third-order valence-electron chi connectivity index (χ3n) is 4.00. The fourth-order valence-electron chi connectivity index (χ4n) is 2.82. The Labute approximate surface area is 139 Å². The van der Waals surface area contributed by atoms with Gasteiger partial charge in [0.15, 0.2) is 0 Å². The van der Waals surface area contributed by atoms with Crippen molar-refractivity contribution in [3.05, 3.63) is 52.1 Å². The number of nitrogens with two attached hydrogens (primary N) is 1. The molecule has 0 bridgehead atoms. The molecule has 0 radical (unpaired) electrons. The summed E-state index contributed by atoms with van der Waals surface area (Å²) in [4.78, 5) is 30.8. The van der Waals surface area contributed by atoms with Crippen LogP contribution >= 0.6 is 0 Å². The van der Waals surface area contributed by atoms with Gasteiger partial charge in [0.1, 0.15) is 11.6 Å². The van der Waals surface area contributed by atoms with Crippen LogP contribution in [-0.4, -0.2) is 41.8 Å². The topological polar surface area (TPSA) is 90.4 Å². The van der Waals surface area contributed by atoms with Crippen LogP contribution < -0.4 is 16.2 Å². The average molecular weight is 328 g/mol. The lowest BCUT2D eigenvalue weighted by Crippen LogP contribution is -2.38. The molecule has 1 aliphatic heterocycles. The van der Waals surface area contributed by atoms with Crippen molar-refractivity contribution in [3.8, 4) is 5.69 Å². The summed E-state index contributed by atoms with van der Waals surface area (Å²) >= 11 is 0. The van der Waals surface area contributed by atoms with E-state index in [2.05, 4.69) is 4.98 Å². The maximum absolute atomic E-state index is 12.8. The van der Waals surface area contributed by atoms with Crippen LogP contribution in [0.3, 0.4) is 0 Å². The number of aromatic nitrogens is 2. The summed E-state index contributed by atoms with van der Waals surface area (Å²) in [6.45, 7) is 4.42. The highest BCUT2D eigenvalue weighted by atomic mass is 16.5. The molecule has 0 spiro atoms. The molecule has 2 N–H and O–H groups in total. The van der Waals surface area contributed by atoms with Gasteiger partial charge >= 0.3 is 0 Å². The van der Waals surface area contributed by atoms with Gasteiger partial charge in [-0.1, -0.05) is 18.2 Å². The zero-order valence-corrected chi connectivity index (χ0v) is 13.6. The Morgan fingerprint density at radius 2 is 2.00 bits per heavy atom. The number of primary amides is 1. The van der Waals surface area contributed by atoms with E-state index in [1.807, 2.05) is 36.1 Å². The predicted octanol–water partition coefficient (Wildman–Crippen LogP) is 0.405. The van der Waals surface area contributed by atoms with E-state index in [1.165, 1.54) is 10.6 Å². The van der Waals surface area contributed by atoms with Crippen molar-refractivity contribution in [1.29, 1.82) is 0 Å². The van der Waals surface area contributed by atoms with Gasteiger partial charge in [-0.2, -0.15) is 0 Å². The van der Waals surface area contributed by atoms with Gasteiger partial charge in [0.05, 0.1) is 25.3 Å². The van der Waals surface area contributed by atoms with Crippen molar-refractivity contribution in [3.63, 3.8) is 0 Å². The lowest BCUT2D eigenvalue weighted by molar-refractivity contribution is -0.117. The van der Waals surface area contributed by atoms with Gasteiger partial charge < -0.3 is 15.4 Å². The molecule has 0 atom stereocenters. The summed E-state index contributed by atoms with van der Waals surface area (Å²) in [6, 6.07) is 8.98. The number of morpholine rings is 1. The minimum Gasteiger partial charge on any atom is -0.378 e. The fraction of sp³-hybridized carbons (Fsp3) is 0.353. The number of ether oxygens (including phenoxy) is 1. The number of carbonyl (C=O) groups excluding carboxylic acids is 1. The zero-order chi connectivity index (χ0) is 17.1. The number of anilines is 1.